The summed E-state index contributed by atoms with van der Waals surface area (Å²) in [6, 6.07) is 5.65. The maximum absolute atomic E-state index is 13.1. The van der Waals surface area contributed by atoms with Gasteiger partial charge in [-0.05, 0) is 30.0 Å². The van der Waals surface area contributed by atoms with Gasteiger partial charge in [0.25, 0.3) is 10.2 Å². The Balaban J connectivity index is 2.37. The molecule has 6 heteroatoms. The Kier molecular flexibility index (Phi) is 3.20. The molecule has 0 radical (unpaired) electrons. The summed E-state index contributed by atoms with van der Waals surface area (Å²) in [5.74, 6) is -0.141. The van der Waals surface area contributed by atoms with Crippen molar-refractivity contribution in [1.29, 1.82) is 0 Å². The topological polar surface area (TPSA) is 63.4 Å². The van der Waals surface area contributed by atoms with Gasteiger partial charge in [-0.25, -0.2) is 9.53 Å². The predicted octanol–water partition coefficient (Wildman–Crippen LogP) is 1.41. The second-order valence-electron chi connectivity index (χ2n) is 4.53. The normalized spacial score (nSPS) is 26.3. The zero-order valence-electron chi connectivity index (χ0n) is 9.51. The molecule has 0 aliphatic carbocycles. The number of hydrogen-bond donors (Lipinski definition) is 1. The van der Waals surface area contributed by atoms with Crippen molar-refractivity contribution < 1.29 is 12.8 Å². The van der Waals surface area contributed by atoms with Gasteiger partial charge in [-0.3, -0.25) is 0 Å². The second-order valence-corrected chi connectivity index (χ2v) is 6.03. The zero-order chi connectivity index (χ0) is 12.6. The lowest BCUT2D eigenvalue weighted by atomic mass is 10.0. The van der Waals surface area contributed by atoms with Crippen LogP contribution in [0.2, 0.25) is 0 Å². The van der Waals surface area contributed by atoms with Gasteiger partial charge in [-0.2, -0.15) is 12.7 Å². The van der Waals surface area contributed by atoms with Crippen molar-refractivity contribution in [1.82, 2.24) is 4.31 Å². The number of rotatable bonds is 2. The molecule has 1 saturated heterocycles. The lowest BCUT2D eigenvalue weighted by Crippen LogP contribution is -2.36. The molecule has 0 aromatic heterocycles. The fourth-order valence-corrected chi connectivity index (χ4v) is 3.33. The molecule has 2 N–H and O–H groups in total. The molecule has 17 heavy (non-hydrogen) atoms. The summed E-state index contributed by atoms with van der Waals surface area (Å²) in [7, 11) is -3.73. The van der Waals surface area contributed by atoms with Crippen LogP contribution >= 0.6 is 0 Å². The van der Waals surface area contributed by atoms with Crippen LogP contribution in [0.4, 0.5) is 4.39 Å². The summed E-state index contributed by atoms with van der Waals surface area (Å²) in [5.41, 5.74) is 0.656. The lowest BCUT2D eigenvalue weighted by Gasteiger charge is -2.21. The summed E-state index contributed by atoms with van der Waals surface area (Å²) >= 11 is 0. The average molecular weight is 258 g/mol. The number of halogens is 1. The minimum absolute atomic E-state index is 0.224. The molecule has 94 valence electrons. The van der Waals surface area contributed by atoms with E-state index in [1.54, 1.807) is 12.1 Å². The van der Waals surface area contributed by atoms with Crippen LogP contribution in [-0.4, -0.2) is 19.3 Å². The van der Waals surface area contributed by atoms with Crippen LogP contribution in [0.1, 0.15) is 24.9 Å². The fraction of sp³-hybridized carbons (Fsp3) is 0.455. The molecule has 1 aromatic rings. The molecule has 4 nitrogen and oxygen atoms in total. The predicted molar refractivity (Wildman–Crippen MR) is 62.7 cm³/mol. The largest absolute Gasteiger partial charge is 0.277 e. The molecule has 0 unspecified atom stereocenters. The quantitative estimate of drug-likeness (QED) is 0.871. The van der Waals surface area contributed by atoms with Gasteiger partial charge in [0.05, 0.1) is 6.04 Å². The molecule has 1 aromatic carbocycles. The Morgan fingerprint density at radius 2 is 2.18 bits per heavy atom. The van der Waals surface area contributed by atoms with E-state index in [9.17, 15) is 12.8 Å². The monoisotopic (exact) mass is 258 g/mol. The average Bonchev–Trinajstić information content (AvgIpc) is 2.60. The third-order valence-corrected chi connectivity index (χ3v) is 4.08. The van der Waals surface area contributed by atoms with E-state index in [1.807, 2.05) is 6.92 Å². The number of nitrogens with zero attached hydrogens (tertiary/aromatic N) is 1. The van der Waals surface area contributed by atoms with E-state index in [0.29, 0.717) is 18.5 Å². The SMILES string of the molecule is C[C@@H]1C[C@H](c2cccc(F)c2)N(S(N)(=O)=O)C1. The van der Waals surface area contributed by atoms with Gasteiger partial charge in [-0.1, -0.05) is 19.1 Å². The van der Waals surface area contributed by atoms with Crippen LogP contribution in [0, 0.1) is 11.7 Å². The second kappa shape index (κ2) is 4.36. The van der Waals surface area contributed by atoms with Crippen molar-refractivity contribution in [2.75, 3.05) is 6.54 Å². The van der Waals surface area contributed by atoms with Gasteiger partial charge in [0.1, 0.15) is 5.82 Å². The van der Waals surface area contributed by atoms with Crippen LogP contribution < -0.4 is 5.14 Å². The van der Waals surface area contributed by atoms with Gasteiger partial charge < -0.3 is 0 Å². The molecule has 0 amide bonds. The number of hydrogen-bond acceptors (Lipinski definition) is 2. The molecule has 0 spiro atoms. The minimum atomic E-state index is -3.73. The first-order chi connectivity index (χ1) is 7.88. The van der Waals surface area contributed by atoms with Gasteiger partial charge >= 0.3 is 0 Å². The van der Waals surface area contributed by atoms with Crippen LogP contribution in [-0.2, 0) is 10.2 Å². The maximum atomic E-state index is 13.1. The highest BCUT2D eigenvalue weighted by atomic mass is 32.2. The molecule has 0 saturated carbocycles. The van der Waals surface area contributed by atoms with Crippen LogP contribution in [0.25, 0.3) is 0 Å². The molecule has 1 aliphatic heterocycles. The van der Waals surface area contributed by atoms with E-state index in [1.165, 1.54) is 16.4 Å². The first-order valence-electron chi connectivity index (χ1n) is 5.43. The van der Waals surface area contributed by atoms with Gasteiger partial charge in [0.15, 0.2) is 0 Å². The molecule has 2 atom stereocenters. The third kappa shape index (κ3) is 2.65. The highest BCUT2D eigenvalue weighted by Crippen LogP contribution is 2.36. The standard InChI is InChI=1S/C11H15FN2O2S/c1-8-5-11(14(7-8)17(13,15)16)9-3-2-4-10(12)6-9/h2-4,6,8,11H,5,7H2,1H3,(H2,13,15,16)/t8-,11-/m1/s1. The molecule has 2 rings (SSSR count). The first-order valence-corrected chi connectivity index (χ1v) is 6.93. The summed E-state index contributed by atoms with van der Waals surface area (Å²) < 4.78 is 37.3. The highest BCUT2D eigenvalue weighted by Gasteiger charge is 2.36. The Hall–Kier alpha value is -0.980. The highest BCUT2D eigenvalue weighted by molar-refractivity contribution is 7.86. The van der Waals surface area contributed by atoms with E-state index in [0.717, 1.165) is 0 Å². The van der Waals surface area contributed by atoms with E-state index in [-0.39, 0.29) is 17.8 Å². The first kappa shape index (κ1) is 12.5. The van der Waals surface area contributed by atoms with Gasteiger partial charge in [0, 0.05) is 6.54 Å². The molecule has 1 fully saturated rings. The fourth-order valence-electron chi connectivity index (χ4n) is 2.31. The number of nitrogens with two attached hydrogens (primary N) is 1. The van der Waals surface area contributed by atoms with Crippen molar-refractivity contribution in [2.45, 2.75) is 19.4 Å². The Morgan fingerprint density at radius 3 is 2.76 bits per heavy atom. The summed E-state index contributed by atoms with van der Waals surface area (Å²) in [5, 5.41) is 5.17. The van der Waals surface area contributed by atoms with Crippen molar-refractivity contribution >= 4 is 10.2 Å². The maximum Gasteiger partial charge on any atom is 0.277 e. The molecular formula is C11H15FN2O2S. The van der Waals surface area contributed by atoms with Crippen molar-refractivity contribution in [2.24, 2.45) is 11.1 Å². The lowest BCUT2D eigenvalue weighted by molar-refractivity contribution is 0.394. The van der Waals surface area contributed by atoms with Gasteiger partial charge in [0.2, 0.25) is 0 Å². The van der Waals surface area contributed by atoms with Crippen LogP contribution in [0.15, 0.2) is 24.3 Å². The van der Waals surface area contributed by atoms with Crippen molar-refractivity contribution in [3.8, 4) is 0 Å². The Labute approximate surface area is 100 Å². The van der Waals surface area contributed by atoms with E-state index in [2.05, 4.69) is 0 Å². The zero-order valence-corrected chi connectivity index (χ0v) is 10.3. The van der Waals surface area contributed by atoms with Crippen molar-refractivity contribution in [3.05, 3.63) is 35.6 Å². The van der Waals surface area contributed by atoms with Gasteiger partial charge in [-0.15, -0.1) is 0 Å². The molecule has 1 aliphatic rings. The Bertz CT molecular complexity index is 518. The van der Waals surface area contributed by atoms with E-state index < -0.39 is 10.2 Å². The number of benzene rings is 1. The van der Waals surface area contributed by atoms with E-state index in [4.69, 9.17) is 5.14 Å². The summed E-state index contributed by atoms with van der Waals surface area (Å²) in [6.07, 6.45) is 0.667. The Morgan fingerprint density at radius 1 is 1.47 bits per heavy atom. The van der Waals surface area contributed by atoms with Crippen LogP contribution in [0.5, 0.6) is 0 Å². The minimum Gasteiger partial charge on any atom is -0.216 e. The van der Waals surface area contributed by atoms with E-state index >= 15 is 0 Å². The van der Waals surface area contributed by atoms with Crippen LogP contribution in [0.3, 0.4) is 0 Å². The summed E-state index contributed by atoms with van der Waals surface area (Å²) in [4.78, 5) is 0. The molecular weight excluding hydrogens is 243 g/mol. The van der Waals surface area contributed by atoms with Crippen molar-refractivity contribution in [3.63, 3.8) is 0 Å². The smallest absolute Gasteiger partial charge is 0.216 e. The summed E-state index contributed by atoms with van der Waals surface area (Å²) in [6.45, 7) is 2.34. The third-order valence-electron chi connectivity index (χ3n) is 3.03. The molecule has 0 bridgehead atoms. The molecule has 1 heterocycles.